The molecule has 5 heteroatoms. The van der Waals surface area contributed by atoms with Crippen LogP contribution in [-0.4, -0.2) is 27.3 Å². The second kappa shape index (κ2) is 6.10. The molecule has 0 radical (unpaired) electrons. The molecule has 21 heavy (non-hydrogen) atoms. The molecular weight excluding hydrogens is 266 g/mol. The van der Waals surface area contributed by atoms with Crippen molar-refractivity contribution in [3.8, 4) is 0 Å². The quantitative estimate of drug-likeness (QED) is 0.845. The van der Waals surface area contributed by atoms with Gasteiger partial charge in [-0.25, -0.2) is 0 Å². The lowest BCUT2D eigenvalue weighted by Crippen LogP contribution is -2.29. The maximum absolute atomic E-state index is 11.8. The van der Waals surface area contributed by atoms with Gasteiger partial charge in [-0.1, -0.05) is 30.3 Å². The van der Waals surface area contributed by atoms with Crippen LogP contribution in [0.5, 0.6) is 0 Å². The molecular formula is C16H19N3O2. The Morgan fingerprint density at radius 3 is 2.81 bits per heavy atom. The number of nitrogens with one attached hydrogen (secondary N) is 1. The smallest absolute Gasteiger partial charge is 0.241 e. The number of amides is 1. The van der Waals surface area contributed by atoms with Crippen LogP contribution in [0.2, 0.25) is 0 Å². The number of aliphatic hydroxyl groups is 1. The second-order valence-corrected chi connectivity index (χ2v) is 5.53. The highest BCUT2D eigenvalue weighted by Gasteiger charge is 2.21. The summed E-state index contributed by atoms with van der Waals surface area (Å²) in [5.41, 5.74) is 1.51. The zero-order valence-corrected chi connectivity index (χ0v) is 11.8. The number of carbonyl (C=O) groups is 1. The lowest BCUT2D eigenvalue weighted by Gasteiger charge is -2.08. The first-order chi connectivity index (χ1) is 10.2. The summed E-state index contributed by atoms with van der Waals surface area (Å²) in [5, 5.41) is 17.3. The molecule has 0 spiro atoms. The molecule has 1 fully saturated rings. The van der Waals surface area contributed by atoms with Gasteiger partial charge in [-0.05, 0) is 24.3 Å². The van der Waals surface area contributed by atoms with Gasteiger partial charge < -0.3 is 10.4 Å². The Balaban J connectivity index is 1.58. The summed E-state index contributed by atoms with van der Waals surface area (Å²) in [6, 6.07) is 9.40. The molecule has 1 amide bonds. The molecule has 1 aliphatic rings. The van der Waals surface area contributed by atoms with Crippen LogP contribution in [0.1, 0.15) is 30.1 Å². The number of aliphatic hydroxyl groups excluding tert-OH is 1. The molecule has 5 nitrogen and oxygen atoms in total. The molecule has 1 saturated carbocycles. The fourth-order valence-corrected chi connectivity index (χ4v) is 2.22. The summed E-state index contributed by atoms with van der Waals surface area (Å²) < 4.78 is 1.56. The Bertz CT molecular complexity index is 605. The van der Waals surface area contributed by atoms with Crippen LogP contribution < -0.4 is 5.32 Å². The first-order valence-corrected chi connectivity index (χ1v) is 7.24. The van der Waals surface area contributed by atoms with Crippen molar-refractivity contribution in [1.29, 1.82) is 0 Å². The average molecular weight is 285 g/mol. The fraction of sp³-hybridized carbons (Fsp3) is 0.375. The Morgan fingerprint density at radius 2 is 2.10 bits per heavy atom. The molecule has 0 aliphatic heterocycles. The highest BCUT2D eigenvalue weighted by molar-refractivity contribution is 5.75. The van der Waals surface area contributed by atoms with Crippen LogP contribution in [0.3, 0.4) is 0 Å². The van der Waals surface area contributed by atoms with Crippen molar-refractivity contribution in [2.24, 2.45) is 5.92 Å². The number of hydrogen-bond acceptors (Lipinski definition) is 3. The maximum Gasteiger partial charge on any atom is 0.241 e. The van der Waals surface area contributed by atoms with E-state index in [0.29, 0.717) is 11.5 Å². The lowest BCUT2D eigenvalue weighted by atomic mass is 10.1. The monoisotopic (exact) mass is 285 g/mol. The molecule has 0 bridgehead atoms. The summed E-state index contributed by atoms with van der Waals surface area (Å²) >= 11 is 0. The number of nitrogens with zero attached hydrogens (tertiary/aromatic N) is 2. The Hall–Kier alpha value is -2.14. The van der Waals surface area contributed by atoms with Gasteiger partial charge in [0.2, 0.25) is 5.91 Å². The van der Waals surface area contributed by atoms with E-state index < -0.39 is 6.10 Å². The molecule has 2 N–H and O–H groups in total. The Labute approximate surface area is 123 Å². The van der Waals surface area contributed by atoms with Gasteiger partial charge in [0.05, 0.1) is 6.20 Å². The molecule has 110 valence electrons. The van der Waals surface area contributed by atoms with Crippen molar-refractivity contribution in [3.05, 3.63) is 53.9 Å². The first-order valence-electron chi connectivity index (χ1n) is 7.24. The van der Waals surface area contributed by atoms with Crippen molar-refractivity contribution in [2.75, 3.05) is 6.54 Å². The molecule has 1 aliphatic carbocycles. The fourth-order valence-electron chi connectivity index (χ4n) is 2.22. The average Bonchev–Trinajstić information content (AvgIpc) is 3.23. The standard InChI is InChI=1S/C16H19N3O2/c20-15(17-8-12-6-7-12)11-19-10-14(9-18-19)16(21)13-4-2-1-3-5-13/h1-5,9-10,12,16,21H,6-8,11H2,(H,17,20). The van der Waals surface area contributed by atoms with Crippen LogP contribution in [0.4, 0.5) is 0 Å². The zero-order valence-electron chi connectivity index (χ0n) is 11.8. The Kier molecular flexibility index (Phi) is 4.01. The number of aromatic nitrogens is 2. The Morgan fingerprint density at radius 1 is 1.33 bits per heavy atom. The van der Waals surface area contributed by atoms with Gasteiger partial charge in [0.25, 0.3) is 0 Å². The van der Waals surface area contributed by atoms with E-state index in [0.717, 1.165) is 12.1 Å². The molecule has 1 aromatic carbocycles. The predicted octanol–water partition coefficient (Wildman–Crippen LogP) is 1.49. The molecule has 1 aromatic heterocycles. The number of benzene rings is 1. The van der Waals surface area contributed by atoms with Gasteiger partial charge in [0.15, 0.2) is 0 Å². The van der Waals surface area contributed by atoms with Crippen LogP contribution in [0.25, 0.3) is 0 Å². The first kappa shape index (κ1) is 13.8. The van der Waals surface area contributed by atoms with Crippen molar-refractivity contribution in [3.63, 3.8) is 0 Å². The van der Waals surface area contributed by atoms with E-state index in [2.05, 4.69) is 10.4 Å². The van der Waals surface area contributed by atoms with E-state index in [9.17, 15) is 9.90 Å². The molecule has 2 aromatic rings. The minimum Gasteiger partial charge on any atom is -0.384 e. The molecule has 1 heterocycles. The van der Waals surface area contributed by atoms with E-state index in [1.165, 1.54) is 12.8 Å². The molecule has 0 saturated heterocycles. The van der Waals surface area contributed by atoms with Crippen LogP contribution in [-0.2, 0) is 11.3 Å². The van der Waals surface area contributed by atoms with E-state index in [1.807, 2.05) is 30.3 Å². The summed E-state index contributed by atoms with van der Waals surface area (Å²) in [4.78, 5) is 11.8. The van der Waals surface area contributed by atoms with E-state index >= 15 is 0 Å². The maximum atomic E-state index is 11.8. The van der Waals surface area contributed by atoms with Crippen molar-refractivity contribution >= 4 is 5.91 Å². The lowest BCUT2D eigenvalue weighted by molar-refractivity contribution is -0.121. The van der Waals surface area contributed by atoms with Gasteiger partial charge >= 0.3 is 0 Å². The van der Waals surface area contributed by atoms with E-state index in [4.69, 9.17) is 0 Å². The third-order valence-corrected chi connectivity index (χ3v) is 3.67. The van der Waals surface area contributed by atoms with Gasteiger partial charge in [-0.3, -0.25) is 9.48 Å². The molecule has 3 rings (SSSR count). The highest BCUT2D eigenvalue weighted by atomic mass is 16.3. The minimum atomic E-state index is -0.713. The zero-order chi connectivity index (χ0) is 14.7. The van der Waals surface area contributed by atoms with Crippen molar-refractivity contribution in [1.82, 2.24) is 15.1 Å². The molecule has 1 atom stereocenters. The summed E-state index contributed by atoms with van der Waals surface area (Å²) in [5.74, 6) is 0.632. The van der Waals surface area contributed by atoms with Gasteiger partial charge in [-0.15, -0.1) is 0 Å². The number of hydrogen-bond donors (Lipinski definition) is 2. The number of carbonyl (C=O) groups excluding carboxylic acids is 1. The van der Waals surface area contributed by atoms with Crippen molar-refractivity contribution in [2.45, 2.75) is 25.5 Å². The SMILES string of the molecule is O=C(Cn1cc(C(O)c2ccccc2)cn1)NCC1CC1. The van der Waals surface area contributed by atoms with E-state index in [1.54, 1.807) is 17.1 Å². The van der Waals surface area contributed by atoms with Crippen LogP contribution >= 0.6 is 0 Å². The summed E-state index contributed by atoms with van der Waals surface area (Å²) in [6.07, 6.45) is 5.04. The largest absolute Gasteiger partial charge is 0.384 e. The topological polar surface area (TPSA) is 67.2 Å². The van der Waals surface area contributed by atoms with Crippen LogP contribution in [0, 0.1) is 5.92 Å². The summed E-state index contributed by atoms with van der Waals surface area (Å²) in [7, 11) is 0. The van der Waals surface area contributed by atoms with Crippen molar-refractivity contribution < 1.29 is 9.90 Å². The predicted molar refractivity (Wildman–Crippen MR) is 78.5 cm³/mol. The van der Waals surface area contributed by atoms with Gasteiger partial charge in [0.1, 0.15) is 12.6 Å². The van der Waals surface area contributed by atoms with Gasteiger partial charge in [0, 0.05) is 18.3 Å². The van der Waals surface area contributed by atoms with Gasteiger partial charge in [-0.2, -0.15) is 5.10 Å². The minimum absolute atomic E-state index is 0.0363. The van der Waals surface area contributed by atoms with E-state index in [-0.39, 0.29) is 12.5 Å². The highest BCUT2D eigenvalue weighted by Crippen LogP contribution is 2.27. The normalized spacial score (nSPS) is 15.7. The third kappa shape index (κ3) is 3.70. The second-order valence-electron chi connectivity index (χ2n) is 5.53. The third-order valence-electron chi connectivity index (χ3n) is 3.67. The van der Waals surface area contributed by atoms with Crippen LogP contribution in [0.15, 0.2) is 42.7 Å². The number of rotatable bonds is 6. The summed E-state index contributed by atoms with van der Waals surface area (Å²) in [6.45, 7) is 0.952. The molecule has 1 unspecified atom stereocenters.